The second kappa shape index (κ2) is 12.9. The number of hydrogen-bond donors (Lipinski definition) is 0. The standard InChI is InChI=1S/C14H12F2OSe.C13H10F2O2Se/c1-3-9-5-8-12(18-9)10-6-7-11(17-4-2)14(16)13(10)15;1-2-17-10-5-4-9(12(14)13(10)15)11-6-3-8(7-16)18-11/h3,5-8H,1,4H2,2H3;3-7H,2H2,1H3. The van der Waals surface area contributed by atoms with Gasteiger partial charge in [0, 0.05) is 0 Å². The van der Waals surface area contributed by atoms with Crippen LogP contribution in [0.2, 0.25) is 0 Å². The first-order chi connectivity index (χ1) is 17.3. The minimum atomic E-state index is -0.981. The van der Waals surface area contributed by atoms with Crippen molar-refractivity contribution in [2.75, 3.05) is 13.2 Å². The van der Waals surface area contributed by atoms with Gasteiger partial charge in [-0.3, -0.25) is 0 Å². The summed E-state index contributed by atoms with van der Waals surface area (Å²) in [6.45, 7) is 7.70. The molecule has 4 aromatic rings. The van der Waals surface area contributed by atoms with Gasteiger partial charge in [-0.15, -0.1) is 0 Å². The Kier molecular flexibility index (Phi) is 9.97. The third-order valence-corrected chi connectivity index (χ3v) is 9.32. The molecule has 2 heterocycles. The molecule has 0 bridgehead atoms. The van der Waals surface area contributed by atoms with Crippen molar-refractivity contribution < 1.29 is 31.8 Å². The molecule has 0 aliphatic carbocycles. The van der Waals surface area contributed by atoms with Crippen LogP contribution < -0.4 is 9.47 Å². The summed E-state index contributed by atoms with van der Waals surface area (Å²) in [5.41, 5.74) is 0.508. The van der Waals surface area contributed by atoms with Crippen molar-refractivity contribution in [3.8, 4) is 31.5 Å². The number of carbonyl (C=O) groups is 1. The Hall–Kier alpha value is -2.83. The zero-order valence-corrected chi connectivity index (χ0v) is 22.9. The topological polar surface area (TPSA) is 35.5 Å². The molecule has 2 aromatic carbocycles. The molecule has 0 amide bonds. The summed E-state index contributed by atoms with van der Waals surface area (Å²) in [5.74, 6) is -3.79. The van der Waals surface area contributed by atoms with E-state index in [1.807, 2.05) is 12.1 Å². The van der Waals surface area contributed by atoms with Crippen LogP contribution in [0.3, 0.4) is 0 Å². The number of ether oxygens (including phenoxy) is 2. The summed E-state index contributed by atoms with van der Waals surface area (Å²) in [6.07, 6.45) is 2.48. The van der Waals surface area contributed by atoms with Crippen LogP contribution in [-0.4, -0.2) is 48.5 Å². The van der Waals surface area contributed by atoms with Crippen molar-refractivity contribution in [2.45, 2.75) is 13.8 Å². The van der Waals surface area contributed by atoms with Gasteiger partial charge in [-0.2, -0.15) is 0 Å². The molecule has 2 aromatic heterocycles. The average molecular weight is 628 g/mol. The molecule has 36 heavy (non-hydrogen) atoms. The fraction of sp³-hybridized carbons (Fsp3) is 0.148. The van der Waals surface area contributed by atoms with Gasteiger partial charge in [-0.1, -0.05) is 0 Å². The van der Waals surface area contributed by atoms with Gasteiger partial charge in [-0.05, 0) is 0 Å². The Morgan fingerprint density at radius 1 is 0.694 bits per heavy atom. The van der Waals surface area contributed by atoms with Crippen LogP contribution in [0.1, 0.15) is 27.5 Å². The summed E-state index contributed by atoms with van der Waals surface area (Å²) in [5, 5.41) is 0. The van der Waals surface area contributed by atoms with E-state index in [1.54, 1.807) is 38.1 Å². The summed E-state index contributed by atoms with van der Waals surface area (Å²) in [7, 11) is 0. The van der Waals surface area contributed by atoms with Crippen molar-refractivity contribution in [3.63, 3.8) is 0 Å². The first-order valence-corrected chi connectivity index (χ1v) is 14.3. The molecule has 0 saturated carbocycles. The quantitative estimate of drug-likeness (QED) is 0.125. The Balaban J connectivity index is 0.000000201. The predicted molar refractivity (Wildman–Crippen MR) is 135 cm³/mol. The van der Waals surface area contributed by atoms with Crippen LogP contribution in [0.15, 0.2) is 55.1 Å². The van der Waals surface area contributed by atoms with Crippen LogP contribution in [0, 0.1) is 23.3 Å². The van der Waals surface area contributed by atoms with Gasteiger partial charge in [0.05, 0.1) is 0 Å². The minimum absolute atomic E-state index is 0.0117. The number of rotatable bonds is 8. The normalized spacial score (nSPS) is 10.4. The second-order valence-corrected chi connectivity index (χ2v) is 11.8. The molecule has 0 N–H and O–H groups in total. The van der Waals surface area contributed by atoms with Gasteiger partial charge in [0.2, 0.25) is 0 Å². The van der Waals surface area contributed by atoms with Crippen LogP contribution in [0.4, 0.5) is 17.6 Å². The molecule has 0 unspecified atom stereocenters. The molecular weight excluding hydrogens is 606 g/mol. The van der Waals surface area contributed by atoms with Gasteiger partial charge in [0.15, 0.2) is 0 Å². The summed E-state index contributed by atoms with van der Waals surface area (Å²) < 4.78 is 68.4. The first kappa shape index (κ1) is 27.8. The predicted octanol–water partition coefficient (Wildman–Crippen LogP) is 6.63. The van der Waals surface area contributed by atoms with E-state index >= 15 is 0 Å². The molecule has 0 spiro atoms. The second-order valence-electron chi connectivity index (χ2n) is 7.07. The molecule has 0 atom stereocenters. The zero-order chi connectivity index (χ0) is 26.2. The van der Waals surface area contributed by atoms with Gasteiger partial charge in [0.1, 0.15) is 0 Å². The molecule has 0 radical (unpaired) electrons. The number of halogens is 4. The van der Waals surface area contributed by atoms with Crippen molar-refractivity contribution in [1.29, 1.82) is 0 Å². The van der Waals surface area contributed by atoms with Crippen molar-refractivity contribution in [3.05, 3.63) is 87.3 Å². The fourth-order valence-electron chi connectivity index (χ4n) is 3.15. The number of carbonyl (C=O) groups excluding carboxylic acids is 1. The van der Waals surface area contributed by atoms with E-state index in [2.05, 4.69) is 6.58 Å². The maximum absolute atomic E-state index is 13.9. The van der Waals surface area contributed by atoms with E-state index in [4.69, 9.17) is 9.47 Å². The van der Waals surface area contributed by atoms with E-state index in [0.29, 0.717) is 21.0 Å². The van der Waals surface area contributed by atoms with E-state index in [1.165, 1.54) is 18.2 Å². The Morgan fingerprint density at radius 3 is 1.50 bits per heavy atom. The first-order valence-electron chi connectivity index (χ1n) is 10.8. The third-order valence-electron chi connectivity index (χ3n) is 4.80. The molecular formula is C27H22F4O3Se2. The van der Waals surface area contributed by atoms with E-state index < -0.39 is 23.3 Å². The molecule has 4 rings (SSSR count). The number of hydrogen-bond acceptors (Lipinski definition) is 3. The Bertz CT molecular complexity index is 1260. The van der Waals surface area contributed by atoms with E-state index in [9.17, 15) is 22.4 Å². The van der Waals surface area contributed by atoms with Crippen LogP contribution in [-0.2, 0) is 0 Å². The average Bonchev–Trinajstić information content (AvgIpc) is 3.56. The summed E-state index contributed by atoms with van der Waals surface area (Å²) in [4.78, 5) is 10.6. The molecule has 0 aliphatic rings. The number of aldehydes is 1. The molecule has 9 heteroatoms. The van der Waals surface area contributed by atoms with Gasteiger partial charge >= 0.3 is 219 Å². The van der Waals surface area contributed by atoms with Crippen molar-refractivity contribution >= 4 is 41.4 Å². The Labute approximate surface area is 218 Å². The summed E-state index contributed by atoms with van der Waals surface area (Å²) in [6, 6.07) is 12.9. The van der Waals surface area contributed by atoms with Gasteiger partial charge < -0.3 is 0 Å². The van der Waals surface area contributed by atoms with Crippen LogP contribution in [0.25, 0.3) is 26.1 Å². The van der Waals surface area contributed by atoms with E-state index in [-0.39, 0.29) is 52.7 Å². The van der Waals surface area contributed by atoms with Crippen molar-refractivity contribution in [1.82, 2.24) is 0 Å². The van der Waals surface area contributed by atoms with E-state index in [0.717, 1.165) is 15.2 Å². The molecule has 3 nitrogen and oxygen atoms in total. The Morgan fingerprint density at radius 2 is 1.14 bits per heavy atom. The van der Waals surface area contributed by atoms with Gasteiger partial charge in [0.25, 0.3) is 0 Å². The molecule has 188 valence electrons. The monoisotopic (exact) mass is 630 g/mol. The third kappa shape index (κ3) is 6.29. The molecule has 0 saturated heterocycles. The maximum atomic E-state index is 13.9. The molecule has 0 fully saturated rings. The fourth-order valence-corrected chi connectivity index (χ4v) is 6.75. The van der Waals surface area contributed by atoms with Gasteiger partial charge in [-0.25, -0.2) is 0 Å². The van der Waals surface area contributed by atoms with Crippen LogP contribution >= 0.6 is 0 Å². The molecule has 0 aliphatic heterocycles. The number of benzene rings is 2. The van der Waals surface area contributed by atoms with Crippen molar-refractivity contribution in [2.24, 2.45) is 0 Å². The zero-order valence-electron chi connectivity index (χ0n) is 19.4. The summed E-state index contributed by atoms with van der Waals surface area (Å²) >= 11 is -0.273. The SMILES string of the molecule is C=Cc1ccc(-c2ccc(OCC)c(F)c2F)[se]1.CCOc1ccc(-c2ccc(C=O)[se]2)c(F)c1F. The van der Waals surface area contributed by atoms with Crippen LogP contribution in [0.5, 0.6) is 11.5 Å².